The monoisotopic (exact) mass is 215 g/mol. The fourth-order valence-corrected chi connectivity index (χ4v) is 1.46. The smallest absolute Gasteiger partial charge is 0.222 e. The van der Waals surface area contributed by atoms with Crippen LogP contribution in [-0.4, -0.2) is 35.6 Å². The van der Waals surface area contributed by atoms with E-state index in [1.807, 2.05) is 4.90 Å². The minimum absolute atomic E-state index is 0.170. The zero-order valence-corrected chi connectivity index (χ0v) is 10.2. The highest BCUT2D eigenvalue weighted by Gasteiger charge is 2.11. The third-order valence-electron chi connectivity index (χ3n) is 2.46. The molecular formula is C12H25NO2. The lowest BCUT2D eigenvalue weighted by atomic mass is 10.2. The first-order chi connectivity index (χ1) is 7.26. The molecule has 3 heteroatoms. The Morgan fingerprint density at radius 1 is 1.07 bits per heavy atom. The van der Waals surface area contributed by atoms with Crippen molar-refractivity contribution in [2.75, 3.05) is 19.7 Å². The molecule has 0 bridgehead atoms. The third kappa shape index (κ3) is 7.37. The Kier molecular flexibility index (Phi) is 9.59. The Hall–Kier alpha value is -0.570. The van der Waals surface area contributed by atoms with Crippen molar-refractivity contribution in [3.05, 3.63) is 0 Å². The van der Waals surface area contributed by atoms with Gasteiger partial charge in [0.2, 0.25) is 5.91 Å². The number of unbranched alkanes of at least 4 members (excludes halogenated alkanes) is 2. The molecule has 90 valence electrons. The molecule has 0 fully saturated rings. The molecule has 0 radical (unpaired) electrons. The SMILES string of the molecule is CCCCC(=O)N(CCCC)CCCO. The van der Waals surface area contributed by atoms with Crippen LogP contribution in [0.3, 0.4) is 0 Å². The molecule has 0 aromatic carbocycles. The molecule has 0 aromatic heterocycles. The Bertz CT molecular complexity index is 152. The van der Waals surface area contributed by atoms with Gasteiger partial charge in [0.05, 0.1) is 0 Å². The highest BCUT2D eigenvalue weighted by molar-refractivity contribution is 5.76. The molecule has 15 heavy (non-hydrogen) atoms. The van der Waals surface area contributed by atoms with E-state index < -0.39 is 0 Å². The van der Waals surface area contributed by atoms with E-state index in [9.17, 15) is 4.79 Å². The van der Waals surface area contributed by atoms with E-state index in [4.69, 9.17) is 5.11 Å². The van der Waals surface area contributed by atoms with E-state index in [1.54, 1.807) is 0 Å². The normalized spacial score (nSPS) is 10.3. The van der Waals surface area contributed by atoms with Gasteiger partial charge in [-0.2, -0.15) is 0 Å². The van der Waals surface area contributed by atoms with Crippen molar-refractivity contribution in [2.45, 2.75) is 52.4 Å². The van der Waals surface area contributed by atoms with Gasteiger partial charge >= 0.3 is 0 Å². The van der Waals surface area contributed by atoms with Crippen molar-refractivity contribution in [1.29, 1.82) is 0 Å². The summed E-state index contributed by atoms with van der Waals surface area (Å²) >= 11 is 0. The summed E-state index contributed by atoms with van der Waals surface area (Å²) < 4.78 is 0. The van der Waals surface area contributed by atoms with Crippen LogP contribution in [-0.2, 0) is 4.79 Å². The lowest BCUT2D eigenvalue weighted by Crippen LogP contribution is -2.33. The second kappa shape index (κ2) is 9.97. The second-order valence-electron chi connectivity index (χ2n) is 3.92. The van der Waals surface area contributed by atoms with E-state index in [-0.39, 0.29) is 12.5 Å². The minimum Gasteiger partial charge on any atom is -0.396 e. The summed E-state index contributed by atoms with van der Waals surface area (Å²) in [5, 5.41) is 8.76. The Labute approximate surface area is 93.5 Å². The summed E-state index contributed by atoms with van der Waals surface area (Å²) in [5.41, 5.74) is 0. The molecule has 0 atom stereocenters. The molecule has 0 aromatic rings. The molecular weight excluding hydrogens is 190 g/mol. The highest BCUT2D eigenvalue weighted by atomic mass is 16.3. The lowest BCUT2D eigenvalue weighted by Gasteiger charge is -2.22. The summed E-state index contributed by atoms with van der Waals surface area (Å²) in [4.78, 5) is 13.7. The van der Waals surface area contributed by atoms with Gasteiger partial charge in [0.15, 0.2) is 0 Å². The number of hydrogen-bond donors (Lipinski definition) is 1. The number of aliphatic hydroxyl groups excluding tert-OH is 1. The summed E-state index contributed by atoms with van der Waals surface area (Å²) in [6.07, 6.45) is 5.56. The van der Waals surface area contributed by atoms with Crippen molar-refractivity contribution in [3.8, 4) is 0 Å². The van der Waals surface area contributed by atoms with Gasteiger partial charge in [-0.25, -0.2) is 0 Å². The van der Waals surface area contributed by atoms with E-state index in [0.717, 1.165) is 32.2 Å². The Balaban J connectivity index is 3.90. The van der Waals surface area contributed by atoms with E-state index in [0.29, 0.717) is 19.4 Å². The molecule has 1 N–H and O–H groups in total. The first kappa shape index (κ1) is 14.4. The summed E-state index contributed by atoms with van der Waals surface area (Å²) in [6, 6.07) is 0. The van der Waals surface area contributed by atoms with Crippen molar-refractivity contribution < 1.29 is 9.90 Å². The molecule has 0 aliphatic rings. The predicted molar refractivity (Wildman–Crippen MR) is 62.7 cm³/mol. The van der Waals surface area contributed by atoms with Crippen LogP contribution in [0, 0.1) is 0 Å². The topological polar surface area (TPSA) is 40.5 Å². The summed E-state index contributed by atoms with van der Waals surface area (Å²) in [7, 11) is 0. The summed E-state index contributed by atoms with van der Waals surface area (Å²) in [5.74, 6) is 0.249. The molecule has 0 rings (SSSR count). The fraction of sp³-hybridized carbons (Fsp3) is 0.917. The van der Waals surface area contributed by atoms with Crippen molar-refractivity contribution in [3.63, 3.8) is 0 Å². The van der Waals surface area contributed by atoms with Crippen LogP contribution >= 0.6 is 0 Å². The summed E-state index contributed by atoms with van der Waals surface area (Å²) in [6.45, 7) is 5.94. The maximum absolute atomic E-state index is 11.8. The number of carbonyl (C=O) groups is 1. The average molecular weight is 215 g/mol. The van der Waals surface area contributed by atoms with Crippen LogP contribution < -0.4 is 0 Å². The van der Waals surface area contributed by atoms with Gasteiger partial charge in [0.1, 0.15) is 0 Å². The van der Waals surface area contributed by atoms with Crippen molar-refractivity contribution in [1.82, 2.24) is 4.90 Å². The lowest BCUT2D eigenvalue weighted by molar-refractivity contribution is -0.131. The van der Waals surface area contributed by atoms with Gasteiger partial charge in [0.25, 0.3) is 0 Å². The van der Waals surface area contributed by atoms with Gasteiger partial charge in [-0.1, -0.05) is 26.7 Å². The number of nitrogens with zero attached hydrogens (tertiary/aromatic N) is 1. The van der Waals surface area contributed by atoms with E-state index >= 15 is 0 Å². The molecule has 0 spiro atoms. The fourth-order valence-electron chi connectivity index (χ4n) is 1.46. The van der Waals surface area contributed by atoms with E-state index in [1.165, 1.54) is 0 Å². The van der Waals surface area contributed by atoms with Crippen LogP contribution in [0.5, 0.6) is 0 Å². The standard InChI is InChI=1S/C12H25NO2/c1-3-5-8-12(15)13(9-6-4-2)10-7-11-14/h14H,3-11H2,1-2H3. The maximum Gasteiger partial charge on any atom is 0.222 e. The Morgan fingerprint density at radius 2 is 1.67 bits per heavy atom. The molecule has 0 saturated carbocycles. The van der Waals surface area contributed by atoms with Crippen molar-refractivity contribution >= 4 is 5.91 Å². The van der Waals surface area contributed by atoms with E-state index in [2.05, 4.69) is 13.8 Å². The van der Waals surface area contributed by atoms with Gasteiger partial charge in [-0.15, -0.1) is 0 Å². The third-order valence-corrected chi connectivity index (χ3v) is 2.46. The molecule has 0 heterocycles. The van der Waals surface area contributed by atoms with Crippen LogP contribution in [0.25, 0.3) is 0 Å². The second-order valence-corrected chi connectivity index (χ2v) is 3.92. The van der Waals surface area contributed by atoms with Gasteiger partial charge < -0.3 is 10.0 Å². The number of amides is 1. The van der Waals surface area contributed by atoms with Crippen LogP contribution in [0.2, 0.25) is 0 Å². The quantitative estimate of drug-likeness (QED) is 0.640. The number of hydrogen-bond acceptors (Lipinski definition) is 2. The number of aliphatic hydroxyl groups is 1. The zero-order chi connectivity index (χ0) is 11.5. The molecule has 0 aliphatic carbocycles. The number of carbonyl (C=O) groups excluding carboxylic acids is 1. The van der Waals surface area contributed by atoms with Gasteiger partial charge in [-0.3, -0.25) is 4.79 Å². The maximum atomic E-state index is 11.8. The molecule has 0 saturated heterocycles. The molecule has 1 amide bonds. The first-order valence-electron chi connectivity index (χ1n) is 6.14. The van der Waals surface area contributed by atoms with Crippen LogP contribution in [0.1, 0.15) is 52.4 Å². The minimum atomic E-state index is 0.170. The average Bonchev–Trinajstić information content (AvgIpc) is 2.26. The first-order valence-corrected chi connectivity index (χ1v) is 6.14. The molecule has 3 nitrogen and oxygen atoms in total. The largest absolute Gasteiger partial charge is 0.396 e. The highest BCUT2D eigenvalue weighted by Crippen LogP contribution is 2.03. The van der Waals surface area contributed by atoms with Crippen LogP contribution in [0.15, 0.2) is 0 Å². The van der Waals surface area contributed by atoms with Crippen LogP contribution in [0.4, 0.5) is 0 Å². The Morgan fingerprint density at radius 3 is 2.20 bits per heavy atom. The predicted octanol–water partition coefficient (Wildman–Crippen LogP) is 2.19. The van der Waals surface area contributed by atoms with Gasteiger partial charge in [0, 0.05) is 26.1 Å². The number of rotatable bonds is 9. The van der Waals surface area contributed by atoms with Crippen molar-refractivity contribution in [2.24, 2.45) is 0 Å². The zero-order valence-electron chi connectivity index (χ0n) is 10.2. The molecule has 0 aliphatic heterocycles. The molecule has 0 unspecified atom stereocenters. The van der Waals surface area contributed by atoms with Gasteiger partial charge in [-0.05, 0) is 19.3 Å².